The van der Waals surface area contributed by atoms with E-state index in [-0.39, 0.29) is 11.3 Å². The smallest absolute Gasteiger partial charge is 0.339 e. The molecule has 1 N–H and O–H groups in total. The van der Waals surface area contributed by atoms with Gasteiger partial charge in [0.15, 0.2) is 12.3 Å². The van der Waals surface area contributed by atoms with Gasteiger partial charge in [-0.2, -0.15) is 9.49 Å². The van der Waals surface area contributed by atoms with Crippen molar-refractivity contribution in [3.05, 3.63) is 69.5 Å². The average Bonchev–Trinajstić information content (AvgIpc) is 3.47. The van der Waals surface area contributed by atoms with Gasteiger partial charge in [0, 0.05) is 18.3 Å². The number of esters is 1. The second-order valence-corrected chi connectivity index (χ2v) is 7.73. The van der Waals surface area contributed by atoms with E-state index in [2.05, 4.69) is 15.4 Å². The Morgan fingerprint density at radius 2 is 2.12 bits per heavy atom. The maximum atomic E-state index is 13.5. The third-order valence-corrected chi connectivity index (χ3v) is 5.56. The van der Waals surface area contributed by atoms with Gasteiger partial charge >= 0.3 is 11.7 Å². The van der Waals surface area contributed by atoms with Crippen LogP contribution in [0.1, 0.15) is 17.3 Å². The number of nitrogens with zero attached hydrogens (tertiary/aromatic N) is 4. The zero-order chi connectivity index (χ0) is 23.5. The number of pyridine rings is 1. The van der Waals surface area contributed by atoms with Gasteiger partial charge in [-0.15, -0.1) is 11.3 Å². The van der Waals surface area contributed by atoms with E-state index < -0.39 is 34.9 Å². The monoisotopic (exact) mass is 469 g/mol. The minimum atomic E-state index is -1.03. The van der Waals surface area contributed by atoms with Crippen molar-refractivity contribution >= 4 is 45.6 Å². The fraction of sp³-hybridized carbons (Fsp3) is 0.143. The number of fused-ring (bicyclic) bond motifs is 1. The van der Waals surface area contributed by atoms with Gasteiger partial charge in [-0.25, -0.2) is 14.5 Å². The normalized spacial score (nSPS) is 10.8. The predicted octanol–water partition coefficient (Wildman–Crippen LogP) is 4.02. The van der Waals surface area contributed by atoms with Crippen LogP contribution in [0.25, 0.3) is 21.6 Å². The van der Waals surface area contributed by atoms with E-state index in [1.54, 1.807) is 10.7 Å². The van der Waals surface area contributed by atoms with Crippen molar-refractivity contribution in [2.24, 2.45) is 0 Å². The molecule has 0 fully saturated rings. The quantitative estimate of drug-likeness (QED) is 0.246. The fourth-order valence-electron chi connectivity index (χ4n) is 3.13. The van der Waals surface area contributed by atoms with Gasteiger partial charge in [0.25, 0.3) is 5.91 Å². The first kappa shape index (κ1) is 22.0. The Labute approximate surface area is 189 Å². The summed E-state index contributed by atoms with van der Waals surface area (Å²) in [5.41, 5.74) is 0.507. The lowest BCUT2D eigenvalue weighted by Gasteiger charge is -2.09. The molecule has 0 unspecified atom stereocenters. The molecule has 168 valence electrons. The van der Waals surface area contributed by atoms with E-state index >= 15 is 0 Å². The highest BCUT2D eigenvalue weighted by molar-refractivity contribution is 7.13. The number of nitrogens with one attached hydrogen (secondary N) is 1. The van der Waals surface area contributed by atoms with E-state index in [1.807, 2.05) is 24.4 Å². The number of benzene rings is 1. The van der Waals surface area contributed by atoms with E-state index in [4.69, 9.17) is 4.74 Å². The molecule has 0 saturated carbocycles. The summed E-state index contributed by atoms with van der Waals surface area (Å²) in [7, 11) is 0. The Morgan fingerprint density at radius 3 is 2.82 bits per heavy atom. The molecule has 0 saturated heterocycles. The molecule has 0 bridgehead atoms. The van der Waals surface area contributed by atoms with Gasteiger partial charge in [-0.3, -0.25) is 14.9 Å². The molecule has 0 atom stereocenters. The van der Waals surface area contributed by atoms with Crippen molar-refractivity contribution < 1.29 is 23.6 Å². The van der Waals surface area contributed by atoms with E-state index in [0.717, 1.165) is 17.0 Å². The van der Waals surface area contributed by atoms with Crippen LogP contribution in [-0.2, 0) is 16.1 Å². The van der Waals surface area contributed by atoms with Crippen molar-refractivity contribution in [1.82, 2.24) is 14.8 Å². The molecule has 3 aromatic heterocycles. The number of nitro benzene ring substituents is 1. The molecule has 1 aromatic carbocycles. The van der Waals surface area contributed by atoms with Crippen LogP contribution in [0, 0.1) is 15.9 Å². The number of carbonyl (C=O) groups excluding carboxylic acids is 2. The largest absolute Gasteiger partial charge is 0.452 e. The number of ether oxygens (including phenoxy) is 1. The summed E-state index contributed by atoms with van der Waals surface area (Å²) in [6.45, 7) is 1.79. The lowest BCUT2D eigenvalue weighted by atomic mass is 10.1. The van der Waals surface area contributed by atoms with Gasteiger partial charge in [-0.05, 0) is 36.6 Å². The maximum Gasteiger partial charge on any atom is 0.339 e. The number of hydrogen-bond donors (Lipinski definition) is 1. The van der Waals surface area contributed by atoms with E-state index in [9.17, 15) is 24.1 Å². The number of nitro groups is 1. The number of thiophene rings is 1. The van der Waals surface area contributed by atoms with Gasteiger partial charge in [-0.1, -0.05) is 6.07 Å². The molecule has 3 heterocycles. The summed E-state index contributed by atoms with van der Waals surface area (Å²) in [6.07, 6.45) is 1.51. The molecule has 4 aromatic rings. The van der Waals surface area contributed by atoms with Crippen LogP contribution >= 0.6 is 11.3 Å². The molecule has 0 radical (unpaired) electrons. The van der Waals surface area contributed by atoms with Crippen molar-refractivity contribution in [3.63, 3.8) is 0 Å². The fourth-order valence-corrected chi connectivity index (χ4v) is 3.82. The SMILES string of the molecule is CCn1ncc2c(C(=O)OCC(=O)Nc3ccc(F)c([N+](=O)[O-])c3)cc(-c3cccs3)nc21. The predicted molar refractivity (Wildman–Crippen MR) is 118 cm³/mol. The zero-order valence-corrected chi connectivity index (χ0v) is 18.0. The first-order chi connectivity index (χ1) is 15.9. The summed E-state index contributed by atoms with van der Waals surface area (Å²) in [5, 5.41) is 19.8. The molecule has 0 aliphatic heterocycles. The summed E-state index contributed by atoms with van der Waals surface area (Å²) in [4.78, 5) is 40.4. The maximum absolute atomic E-state index is 13.5. The first-order valence-corrected chi connectivity index (χ1v) is 10.6. The molecule has 12 heteroatoms. The number of aromatic nitrogens is 3. The van der Waals surface area contributed by atoms with E-state index in [1.165, 1.54) is 23.6 Å². The van der Waals surface area contributed by atoms with Crippen molar-refractivity contribution in [2.45, 2.75) is 13.5 Å². The molecule has 0 spiro atoms. The van der Waals surface area contributed by atoms with Crippen molar-refractivity contribution in [1.29, 1.82) is 0 Å². The number of rotatable bonds is 7. The Bertz CT molecular complexity index is 1370. The van der Waals surface area contributed by atoms with Gasteiger partial charge < -0.3 is 10.1 Å². The summed E-state index contributed by atoms with van der Waals surface area (Å²) in [5.74, 6) is -2.52. The van der Waals surface area contributed by atoms with Gasteiger partial charge in [0.05, 0.1) is 32.6 Å². The number of carbonyl (C=O) groups is 2. The Morgan fingerprint density at radius 1 is 1.30 bits per heavy atom. The van der Waals surface area contributed by atoms with Crippen LogP contribution < -0.4 is 5.32 Å². The van der Waals surface area contributed by atoms with Gasteiger partial charge in [0.1, 0.15) is 0 Å². The molecule has 0 aliphatic rings. The molecular weight excluding hydrogens is 453 g/mol. The van der Waals surface area contributed by atoms with Crippen LogP contribution in [0.4, 0.5) is 15.8 Å². The van der Waals surface area contributed by atoms with Crippen LogP contribution in [0.2, 0.25) is 0 Å². The van der Waals surface area contributed by atoms with E-state index in [0.29, 0.717) is 23.3 Å². The van der Waals surface area contributed by atoms with Gasteiger partial charge in [0.2, 0.25) is 5.82 Å². The number of halogens is 1. The second-order valence-electron chi connectivity index (χ2n) is 6.78. The van der Waals surface area contributed by atoms with Crippen molar-refractivity contribution in [2.75, 3.05) is 11.9 Å². The first-order valence-electron chi connectivity index (χ1n) is 9.68. The Kier molecular flexibility index (Phi) is 6.09. The molecule has 10 nitrogen and oxygen atoms in total. The Balaban J connectivity index is 1.53. The minimum absolute atomic E-state index is 0.000320. The highest BCUT2D eigenvalue weighted by Crippen LogP contribution is 2.28. The average molecular weight is 469 g/mol. The molecule has 33 heavy (non-hydrogen) atoms. The molecule has 4 rings (SSSR count). The zero-order valence-electron chi connectivity index (χ0n) is 17.1. The van der Waals surface area contributed by atoms with Crippen LogP contribution in [0.3, 0.4) is 0 Å². The number of hydrogen-bond acceptors (Lipinski definition) is 8. The number of anilines is 1. The Hall–Kier alpha value is -4.19. The van der Waals surface area contributed by atoms with Crippen molar-refractivity contribution in [3.8, 4) is 10.6 Å². The van der Waals surface area contributed by atoms with Crippen LogP contribution in [0.15, 0.2) is 48.0 Å². The molecule has 0 aliphatic carbocycles. The summed E-state index contributed by atoms with van der Waals surface area (Å²) >= 11 is 1.46. The third kappa shape index (κ3) is 4.55. The lowest BCUT2D eigenvalue weighted by molar-refractivity contribution is -0.387. The topological polar surface area (TPSA) is 129 Å². The third-order valence-electron chi connectivity index (χ3n) is 4.66. The van der Waals surface area contributed by atoms with Crippen LogP contribution in [-0.4, -0.2) is 38.2 Å². The summed E-state index contributed by atoms with van der Waals surface area (Å²) in [6, 6.07) is 8.24. The molecule has 1 amide bonds. The lowest BCUT2D eigenvalue weighted by Crippen LogP contribution is -2.21. The second kappa shape index (κ2) is 9.12. The number of amides is 1. The standard InChI is InChI=1S/C21H16FN5O5S/c1-2-26-20-14(10-23-26)13(9-16(25-20)18-4-3-7-33-18)21(29)32-11-19(28)24-12-5-6-15(22)17(8-12)27(30)31/h3-10H,2,11H2,1H3,(H,24,28). The molecular formula is C21H16FN5O5S. The number of aryl methyl sites for hydroxylation is 1. The van der Waals surface area contributed by atoms with Crippen LogP contribution in [0.5, 0.6) is 0 Å². The summed E-state index contributed by atoms with van der Waals surface area (Å²) < 4.78 is 20.3. The minimum Gasteiger partial charge on any atom is -0.452 e. The highest BCUT2D eigenvalue weighted by atomic mass is 32.1. The highest BCUT2D eigenvalue weighted by Gasteiger charge is 2.20.